The highest BCUT2D eigenvalue weighted by molar-refractivity contribution is 7.89. The highest BCUT2D eigenvalue weighted by Gasteiger charge is 2.75. The molecule has 0 aliphatic rings. The monoisotopic (exact) mass is 413 g/mol. The Morgan fingerprint density at radius 3 is 1.77 bits per heavy atom. The summed E-state index contributed by atoms with van der Waals surface area (Å²) < 4.78 is 128. The molecule has 0 aliphatic heterocycles. The van der Waals surface area contributed by atoms with Gasteiger partial charge in [-0.1, -0.05) is 17.7 Å². The summed E-state index contributed by atoms with van der Waals surface area (Å²) in [6.07, 6.45) is -5.07. The normalized spacial score (nSPS) is 14.2. The number of hydrogen-bond donors (Lipinski definition) is 1. The van der Waals surface area contributed by atoms with Gasteiger partial charge >= 0.3 is 24.2 Å². The second-order valence-corrected chi connectivity index (χ2v) is 7.46. The Hall–Kier alpha value is -1.43. The maximum Gasteiger partial charge on any atom is 0.379 e. The van der Waals surface area contributed by atoms with Gasteiger partial charge in [0.15, 0.2) is 0 Å². The number of halogens is 8. The number of alkyl halides is 8. The van der Waals surface area contributed by atoms with Crippen LogP contribution in [0.15, 0.2) is 17.0 Å². The molecule has 0 amide bonds. The molecule has 0 saturated carbocycles. The molecule has 0 atom stereocenters. The number of nitrogens with one attached hydrogen (secondary N) is 1. The Labute approximate surface area is 144 Å². The topological polar surface area (TPSA) is 46.2 Å². The zero-order valence-electron chi connectivity index (χ0n) is 13.7. The van der Waals surface area contributed by atoms with Crippen molar-refractivity contribution in [3.05, 3.63) is 28.8 Å². The molecule has 0 aromatic heterocycles. The van der Waals surface area contributed by atoms with Crippen molar-refractivity contribution >= 4 is 10.0 Å². The van der Waals surface area contributed by atoms with Gasteiger partial charge in [0.05, 0.1) is 11.4 Å². The van der Waals surface area contributed by atoms with E-state index >= 15 is 0 Å². The van der Waals surface area contributed by atoms with Gasteiger partial charge in [0.25, 0.3) is 0 Å². The van der Waals surface area contributed by atoms with E-state index in [2.05, 4.69) is 0 Å². The van der Waals surface area contributed by atoms with E-state index in [0.717, 1.165) is 4.72 Å². The van der Waals surface area contributed by atoms with Gasteiger partial charge in [0, 0.05) is 0 Å². The average molecular weight is 413 g/mol. The molecule has 0 radical (unpaired) electrons. The smallest absolute Gasteiger partial charge is 0.207 e. The Morgan fingerprint density at radius 2 is 1.38 bits per heavy atom. The Morgan fingerprint density at radius 1 is 0.962 bits per heavy atom. The van der Waals surface area contributed by atoms with Gasteiger partial charge in [-0.2, -0.15) is 26.3 Å². The number of hydrogen-bond acceptors (Lipinski definition) is 2. The Balaban J connectivity index is 3.18. The molecule has 3 nitrogen and oxygen atoms in total. The van der Waals surface area contributed by atoms with Crippen LogP contribution in [0.3, 0.4) is 0 Å². The van der Waals surface area contributed by atoms with Crippen molar-refractivity contribution in [1.29, 1.82) is 0 Å². The van der Waals surface area contributed by atoms with Crippen LogP contribution >= 0.6 is 0 Å². The lowest BCUT2D eigenvalue weighted by Gasteiger charge is -2.32. The third-order valence-electron chi connectivity index (χ3n) is 3.51. The van der Waals surface area contributed by atoms with Crippen molar-refractivity contribution in [1.82, 2.24) is 4.72 Å². The van der Waals surface area contributed by atoms with Crippen LogP contribution in [0.5, 0.6) is 0 Å². The van der Waals surface area contributed by atoms with Gasteiger partial charge in [-0.05, 0) is 31.9 Å². The van der Waals surface area contributed by atoms with E-state index in [0.29, 0.717) is 5.56 Å². The van der Waals surface area contributed by atoms with E-state index in [-0.39, 0.29) is 11.1 Å². The highest BCUT2D eigenvalue weighted by Crippen LogP contribution is 2.48. The lowest BCUT2D eigenvalue weighted by molar-refractivity contribution is -0.335. The summed E-state index contributed by atoms with van der Waals surface area (Å²) in [5.41, 5.74) is 0.832. The van der Waals surface area contributed by atoms with Gasteiger partial charge < -0.3 is 0 Å². The Bertz CT molecular complexity index is 754. The minimum Gasteiger partial charge on any atom is -0.207 e. The van der Waals surface area contributed by atoms with Crippen LogP contribution in [0.4, 0.5) is 35.1 Å². The van der Waals surface area contributed by atoms with Gasteiger partial charge in [0.1, 0.15) is 0 Å². The van der Waals surface area contributed by atoms with E-state index in [1.165, 1.54) is 26.0 Å². The fourth-order valence-corrected chi connectivity index (χ4v) is 3.82. The van der Waals surface area contributed by atoms with Gasteiger partial charge in [-0.25, -0.2) is 21.9 Å². The first-order chi connectivity index (χ1) is 11.5. The molecular weight excluding hydrogens is 398 g/mol. The van der Waals surface area contributed by atoms with E-state index in [1.807, 2.05) is 0 Å². The summed E-state index contributed by atoms with van der Waals surface area (Å²) in [4.78, 5) is -0.497. The van der Waals surface area contributed by atoms with Crippen molar-refractivity contribution in [3.8, 4) is 0 Å². The highest BCUT2D eigenvalue weighted by atomic mass is 32.2. The van der Waals surface area contributed by atoms with Gasteiger partial charge in [-0.15, -0.1) is 0 Å². The van der Waals surface area contributed by atoms with Crippen molar-refractivity contribution in [2.24, 2.45) is 0 Å². The molecule has 0 spiro atoms. The molecule has 12 heteroatoms. The van der Waals surface area contributed by atoms with Gasteiger partial charge in [-0.3, -0.25) is 0 Å². The summed E-state index contributed by atoms with van der Waals surface area (Å²) in [5, 5.41) is 0. The first kappa shape index (κ1) is 22.6. The molecule has 1 N–H and O–H groups in total. The molecule has 1 aromatic carbocycles. The number of benzene rings is 1. The second kappa shape index (κ2) is 6.95. The van der Waals surface area contributed by atoms with Crippen LogP contribution in [-0.2, 0) is 10.0 Å². The van der Waals surface area contributed by atoms with Crippen LogP contribution in [0.25, 0.3) is 0 Å². The summed E-state index contributed by atoms with van der Waals surface area (Å²) in [5.74, 6) is -18.6. The molecular formula is C14H15F8NO2S. The van der Waals surface area contributed by atoms with E-state index in [9.17, 15) is 43.5 Å². The summed E-state index contributed by atoms with van der Waals surface area (Å²) >= 11 is 0. The zero-order chi connectivity index (χ0) is 20.7. The first-order valence-corrected chi connectivity index (χ1v) is 8.45. The van der Waals surface area contributed by atoms with Crippen molar-refractivity contribution < 1.29 is 43.5 Å². The minimum absolute atomic E-state index is 0.1000. The molecule has 0 aliphatic carbocycles. The number of rotatable bonds is 7. The fraction of sp³-hybridized carbons (Fsp3) is 0.571. The number of sulfonamides is 1. The van der Waals surface area contributed by atoms with E-state index < -0.39 is 45.7 Å². The fourth-order valence-electron chi connectivity index (χ4n) is 2.34. The molecule has 0 unspecified atom stereocenters. The Kier molecular flexibility index (Phi) is 6.04. The third-order valence-corrected chi connectivity index (χ3v) is 5.22. The molecule has 1 aromatic rings. The molecule has 0 heterocycles. The average Bonchev–Trinajstić information content (AvgIpc) is 2.43. The van der Waals surface area contributed by atoms with Gasteiger partial charge in [0.2, 0.25) is 10.0 Å². The molecule has 150 valence electrons. The SMILES string of the molecule is Cc1cc(C)c(S(=O)(=O)NCC(F)(F)C(F)(F)C(F)(F)C(F)F)c(C)c1. The molecule has 26 heavy (non-hydrogen) atoms. The third kappa shape index (κ3) is 3.95. The largest absolute Gasteiger partial charge is 0.379 e. The van der Waals surface area contributed by atoms with Crippen molar-refractivity contribution in [3.63, 3.8) is 0 Å². The van der Waals surface area contributed by atoms with Crippen LogP contribution in [0.1, 0.15) is 16.7 Å². The lowest BCUT2D eigenvalue weighted by atomic mass is 10.1. The van der Waals surface area contributed by atoms with E-state index in [1.54, 1.807) is 6.92 Å². The summed E-state index contributed by atoms with van der Waals surface area (Å²) in [7, 11) is -4.79. The minimum atomic E-state index is -6.48. The van der Waals surface area contributed by atoms with Crippen molar-refractivity contribution in [2.75, 3.05) is 6.54 Å². The summed E-state index contributed by atoms with van der Waals surface area (Å²) in [6, 6.07) is 2.75. The van der Waals surface area contributed by atoms with Crippen LogP contribution < -0.4 is 4.72 Å². The van der Waals surface area contributed by atoms with Crippen LogP contribution in [0, 0.1) is 20.8 Å². The molecule has 0 fully saturated rings. The first-order valence-electron chi connectivity index (χ1n) is 6.96. The molecule has 0 saturated heterocycles. The van der Waals surface area contributed by atoms with Crippen molar-refractivity contribution in [2.45, 2.75) is 49.9 Å². The molecule has 1 rings (SSSR count). The predicted molar refractivity (Wildman–Crippen MR) is 76.7 cm³/mol. The lowest BCUT2D eigenvalue weighted by Crippen LogP contribution is -2.61. The summed E-state index contributed by atoms with van der Waals surface area (Å²) in [6.45, 7) is 1.75. The second-order valence-electron chi connectivity index (χ2n) is 5.75. The standard InChI is InChI=1S/C14H15F8NO2S/c1-7-4-8(2)10(9(3)5-7)26(24,25)23-6-12(17,18)14(21,22)13(19,20)11(15)16/h4-5,11,23H,6H2,1-3H3. The predicted octanol–water partition coefficient (Wildman–Crippen LogP) is 4.06. The van der Waals surface area contributed by atoms with Crippen LogP contribution in [-0.4, -0.2) is 39.2 Å². The van der Waals surface area contributed by atoms with E-state index in [4.69, 9.17) is 0 Å². The maximum absolute atomic E-state index is 13.5. The van der Waals surface area contributed by atoms with Crippen LogP contribution in [0.2, 0.25) is 0 Å². The quantitative estimate of drug-likeness (QED) is 0.686. The zero-order valence-corrected chi connectivity index (χ0v) is 14.5. The number of aryl methyl sites for hydroxylation is 3. The maximum atomic E-state index is 13.5. The molecule has 0 bridgehead atoms.